The summed E-state index contributed by atoms with van der Waals surface area (Å²) < 4.78 is 37.9. The minimum atomic E-state index is -3.56. The fourth-order valence-corrected chi connectivity index (χ4v) is 4.62. The largest absolute Gasteiger partial charge is 0.419 e. The van der Waals surface area contributed by atoms with E-state index in [0.29, 0.717) is 54.4 Å². The zero-order chi connectivity index (χ0) is 20.3. The summed E-state index contributed by atoms with van der Waals surface area (Å²) in [6.07, 6.45) is 0. The number of rotatable bonds is 6. The van der Waals surface area contributed by atoms with E-state index in [4.69, 9.17) is 20.8 Å². The second kappa shape index (κ2) is 8.50. The molecule has 0 unspecified atom stereocenters. The van der Waals surface area contributed by atoms with Gasteiger partial charge in [0.15, 0.2) is 0 Å². The predicted molar refractivity (Wildman–Crippen MR) is 108 cm³/mol. The van der Waals surface area contributed by atoms with Crippen molar-refractivity contribution in [3.8, 4) is 11.5 Å². The van der Waals surface area contributed by atoms with Crippen molar-refractivity contribution < 1.29 is 17.6 Å². The molecule has 29 heavy (non-hydrogen) atoms. The molecule has 1 aliphatic heterocycles. The third-order valence-corrected chi connectivity index (χ3v) is 6.68. The van der Waals surface area contributed by atoms with Gasteiger partial charge in [-0.3, -0.25) is 0 Å². The maximum atomic E-state index is 12.8. The Balaban J connectivity index is 1.46. The van der Waals surface area contributed by atoms with Gasteiger partial charge in [0.1, 0.15) is 0 Å². The Hall–Kier alpha value is -2.46. The van der Waals surface area contributed by atoms with E-state index in [0.717, 1.165) is 0 Å². The van der Waals surface area contributed by atoms with Crippen LogP contribution in [0.3, 0.4) is 0 Å². The summed E-state index contributed by atoms with van der Waals surface area (Å²) >= 11 is 6.15. The average Bonchev–Trinajstić information content (AvgIpc) is 3.22. The molecule has 0 radical (unpaired) electrons. The van der Waals surface area contributed by atoms with Gasteiger partial charge in [-0.15, -0.1) is 10.2 Å². The van der Waals surface area contributed by atoms with Gasteiger partial charge in [-0.2, -0.15) is 4.31 Å². The third-order valence-electron chi connectivity index (χ3n) is 4.46. The minimum absolute atomic E-state index is 0.228. The van der Waals surface area contributed by atoms with Crippen LogP contribution in [0.2, 0.25) is 5.02 Å². The second-order valence-electron chi connectivity index (χ2n) is 6.38. The van der Waals surface area contributed by atoms with Crippen molar-refractivity contribution in [1.82, 2.24) is 14.5 Å². The summed E-state index contributed by atoms with van der Waals surface area (Å²) in [6, 6.07) is 13.9. The molecule has 4 rings (SSSR count). The predicted octanol–water partition coefficient (Wildman–Crippen LogP) is 3.02. The van der Waals surface area contributed by atoms with Gasteiger partial charge in [-0.25, -0.2) is 8.42 Å². The SMILES string of the molecule is O=S(=O)(c1cccc(NCc2nnc(-c3ccccc3Cl)o2)c1)N1CCOCC1. The molecule has 2 aromatic carbocycles. The van der Waals surface area contributed by atoms with Crippen molar-refractivity contribution in [2.24, 2.45) is 0 Å². The Morgan fingerprint density at radius 3 is 2.66 bits per heavy atom. The van der Waals surface area contributed by atoms with Crippen molar-refractivity contribution in [1.29, 1.82) is 0 Å². The standard InChI is InChI=1S/C19H19ClN4O4S/c20-17-7-2-1-6-16(17)19-23-22-18(28-19)13-21-14-4-3-5-15(12-14)29(25,26)24-8-10-27-11-9-24/h1-7,12,21H,8-11,13H2. The van der Waals surface area contributed by atoms with E-state index in [9.17, 15) is 8.42 Å². The van der Waals surface area contributed by atoms with E-state index < -0.39 is 10.0 Å². The molecule has 0 atom stereocenters. The first kappa shape index (κ1) is 19.8. The Labute approximate surface area is 173 Å². The topological polar surface area (TPSA) is 97.6 Å². The summed E-state index contributed by atoms with van der Waals surface area (Å²) in [6.45, 7) is 1.77. The molecule has 152 valence electrons. The lowest BCUT2D eigenvalue weighted by Gasteiger charge is -2.26. The first-order valence-corrected chi connectivity index (χ1v) is 10.8. The smallest absolute Gasteiger partial charge is 0.249 e. The number of sulfonamides is 1. The quantitative estimate of drug-likeness (QED) is 0.636. The lowest BCUT2D eigenvalue weighted by Crippen LogP contribution is -2.40. The lowest BCUT2D eigenvalue weighted by molar-refractivity contribution is 0.0730. The van der Waals surface area contributed by atoms with Crippen molar-refractivity contribution >= 4 is 27.3 Å². The fourth-order valence-electron chi connectivity index (χ4n) is 2.95. The Morgan fingerprint density at radius 2 is 1.86 bits per heavy atom. The third kappa shape index (κ3) is 4.43. The van der Waals surface area contributed by atoms with Crippen molar-refractivity contribution in [3.05, 3.63) is 59.4 Å². The van der Waals surface area contributed by atoms with Crippen molar-refractivity contribution in [2.75, 3.05) is 31.6 Å². The fraction of sp³-hybridized carbons (Fsp3) is 0.263. The van der Waals surface area contributed by atoms with E-state index in [1.807, 2.05) is 12.1 Å². The van der Waals surface area contributed by atoms with Gasteiger partial charge in [0.05, 0.1) is 35.2 Å². The Bertz CT molecular complexity index is 1100. The van der Waals surface area contributed by atoms with Gasteiger partial charge >= 0.3 is 0 Å². The van der Waals surface area contributed by atoms with Gasteiger partial charge < -0.3 is 14.5 Å². The highest BCUT2D eigenvalue weighted by Crippen LogP contribution is 2.26. The number of hydrogen-bond acceptors (Lipinski definition) is 7. The molecule has 1 saturated heterocycles. The number of hydrogen-bond donors (Lipinski definition) is 1. The molecule has 0 spiro atoms. The van der Waals surface area contributed by atoms with Crippen LogP contribution < -0.4 is 5.32 Å². The maximum absolute atomic E-state index is 12.8. The van der Waals surface area contributed by atoms with Gasteiger partial charge in [-0.05, 0) is 30.3 Å². The normalized spacial score (nSPS) is 15.3. The molecular formula is C19H19ClN4O4S. The number of anilines is 1. The molecule has 1 aliphatic rings. The van der Waals surface area contributed by atoms with Crippen LogP contribution in [0.1, 0.15) is 5.89 Å². The van der Waals surface area contributed by atoms with E-state index >= 15 is 0 Å². The summed E-state index contributed by atoms with van der Waals surface area (Å²) in [5, 5.41) is 11.7. The van der Waals surface area contributed by atoms with Gasteiger partial charge in [-0.1, -0.05) is 29.8 Å². The average molecular weight is 435 g/mol. The molecule has 3 aromatic rings. The van der Waals surface area contributed by atoms with E-state index in [1.54, 1.807) is 36.4 Å². The van der Waals surface area contributed by atoms with Gasteiger partial charge in [0.2, 0.25) is 21.8 Å². The van der Waals surface area contributed by atoms with Gasteiger partial charge in [0, 0.05) is 18.8 Å². The summed E-state index contributed by atoms with van der Waals surface area (Å²) in [4.78, 5) is 0.228. The summed E-state index contributed by atoms with van der Waals surface area (Å²) in [7, 11) is -3.56. The van der Waals surface area contributed by atoms with E-state index in [-0.39, 0.29) is 11.4 Å². The number of nitrogens with zero attached hydrogens (tertiary/aromatic N) is 3. The first-order valence-electron chi connectivity index (χ1n) is 9.03. The second-order valence-corrected chi connectivity index (χ2v) is 8.72. The first-order chi connectivity index (χ1) is 14.0. The zero-order valence-corrected chi connectivity index (χ0v) is 17.0. The lowest BCUT2D eigenvalue weighted by atomic mass is 10.2. The molecule has 2 heterocycles. The molecule has 0 bridgehead atoms. The molecule has 10 heteroatoms. The molecule has 1 fully saturated rings. The molecule has 0 aliphatic carbocycles. The molecule has 1 aromatic heterocycles. The summed E-state index contributed by atoms with van der Waals surface area (Å²) in [5.41, 5.74) is 1.29. The monoisotopic (exact) mass is 434 g/mol. The van der Waals surface area contributed by atoms with Crippen LogP contribution in [0.15, 0.2) is 57.8 Å². The number of ether oxygens (including phenoxy) is 1. The highest BCUT2D eigenvalue weighted by molar-refractivity contribution is 7.89. The van der Waals surface area contributed by atoms with Crippen LogP contribution in [0, 0.1) is 0 Å². The number of aromatic nitrogens is 2. The highest BCUT2D eigenvalue weighted by Gasteiger charge is 2.26. The van der Waals surface area contributed by atoms with E-state index in [1.165, 1.54) is 4.31 Å². The maximum Gasteiger partial charge on any atom is 0.249 e. The molecule has 8 nitrogen and oxygen atoms in total. The molecule has 0 amide bonds. The van der Waals surface area contributed by atoms with E-state index in [2.05, 4.69) is 15.5 Å². The van der Waals surface area contributed by atoms with Crippen LogP contribution in [0.4, 0.5) is 5.69 Å². The minimum Gasteiger partial charge on any atom is -0.419 e. The highest BCUT2D eigenvalue weighted by atomic mass is 35.5. The molecule has 0 saturated carbocycles. The zero-order valence-electron chi connectivity index (χ0n) is 15.4. The van der Waals surface area contributed by atoms with Crippen LogP contribution in [0.25, 0.3) is 11.5 Å². The van der Waals surface area contributed by atoms with Crippen molar-refractivity contribution in [3.63, 3.8) is 0 Å². The number of nitrogens with one attached hydrogen (secondary N) is 1. The van der Waals surface area contributed by atoms with Crippen molar-refractivity contribution in [2.45, 2.75) is 11.4 Å². The van der Waals surface area contributed by atoms with Crippen LogP contribution >= 0.6 is 11.6 Å². The number of halogens is 1. The molecular weight excluding hydrogens is 416 g/mol. The molecule has 1 N–H and O–H groups in total. The van der Waals surface area contributed by atoms with Crippen LogP contribution in [-0.4, -0.2) is 49.2 Å². The number of morpholine rings is 1. The summed E-state index contributed by atoms with van der Waals surface area (Å²) in [5.74, 6) is 0.692. The van der Waals surface area contributed by atoms with Gasteiger partial charge in [0.25, 0.3) is 0 Å². The Morgan fingerprint density at radius 1 is 1.07 bits per heavy atom. The Kier molecular flexibility index (Phi) is 5.81. The van der Waals surface area contributed by atoms with Crippen LogP contribution in [0.5, 0.6) is 0 Å². The van der Waals surface area contributed by atoms with Crippen LogP contribution in [-0.2, 0) is 21.3 Å². The number of benzene rings is 2.